The number of hydrogen-bond donors (Lipinski definition) is 2. The number of benzene rings is 2. The molecule has 5 nitrogen and oxygen atoms in total. The predicted octanol–water partition coefficient (Wildman–Crippen LogP) is 3.39. The summed E-state index contributed by atoms with van der Waals surface area (Å²) in [5.74, 6) is -0.400. The zero-order valence-electron chi connectivity index (χ0n) is 13.6. The van der Waals surface area contributed by atoms with Crippen LogP contribution in [0.25, 0.3) is 21.7 Å². The fourth-order valence-electron chi connectivity index (χ4n) is 2.77. The summed E-state index contributed by atoms with van der Waals surface area (Å²) >= 11 is 0. The molecule has 2 N–H and O–H groups in total. The first kappa shape index (κ1) is 16.1. The summed E-state index contributed by atoms with van der Waals surface area (Å²) in [6, 6.07) is 14.0. The van der Waals surface area contributed by atoms with Gasteiger partial charge in [0.05, 0.1) is 6.61 Å². The van der Waals surface area contributed by atoms with Gasteiger partial charge < -0.3 is 15.0 Å². The molecule has 1 amide bonds. The average molecular weight is 324 g/mol. The van der Waals surface area contributed by atoms with Crippen molar-refractivity contribution in [1.29, 1.82) is 0 Å². The van der Waals surface area contributed by atoms with Gasteiger partial charge in [0, 0.05) is 23.9 Å². The van der Waals surface area contributed by atoms with Gasteiger partial charge in [0.1, 0.15) is 5.69 Å². The van der Waals surface area contributed by atoms with E-state index in [0.717, 1.165) is 21.7 Å². The molecule has 124 valence electrons. The molecule has 0 spiro atoms. The monoisotopic (exact) mass is 324 g/mol. The minimum Gasteiger partial charge on any atom is -0.466 e. The Bertz CT molecular complexity index is 883. The number of hydrogen-bond acceptors (Lipinski definition) is 3. The van der Waals surface area contributed by atoms with Gasteiger partial charge in [0.25, 0.3) is 5.91 Å². The Morgan fingerprint density at radius 3 is 2.79 bits per heavy atom. The van der Waals surface area contributed by atoms with Crippen LogP contribution in [0, 0.1) is 0 Å². The Balaban J connectivity index is 1.67. The highest BCUT2D eigenvalue weighted by molar-refractivity contribution is 6.09. The third kappa shape index (κ3) is 3.40. The minimum absolute atomic E-state index is 0.167. The molecule has 1 heterocycles. The summed E-state index contributed by atoms with van der Waals surface area (Å²) in [4.78, 5) is 26.7. The molecule has 0 atom stereocenters. The highest BCUT2D eigenvalue weighted by Gasteiger charge is 2.11. The van der Waals surface area contributed by atoms with Crippen LogP contribution in [0.2, 0.25) is 0 Å². The van der Waals surface area contributed by atoms with E-state index < -0.39 is 0 Å². The third-order valence-corrected chi connectivity index (χ3v) is 3.92. The molecule has 3 rings (SSSR count). The van der Waals surface area contributed by atoms with Crippen molar-refractivity contribution >= 4 is 33.6 Å². The number of esters is 1. The maximum absolute atomic E-state index is 12.3. The zero-order chi connectivity index (χ0) is 16.9. The summed E-state index contributed by atoms with van der Waals surface area (Å²) in [6.45, 7) is 2.60. The van der Waals surface area contributed by atoms with E-state index >= 15 is 0 Å². The van der Waals surface area contributed by atoms with Crippen LogP contribution in [-0.4, -0.2) is 30.0 Å². The average Bonchev–Trinajstić information content (AvgIpc) is 3.03. The third-order valence-electron chi connectivity index (χ3n) is 3.92. The van der Waals surface area contributed by atoms with Crippen LogP contribution in [0.4, 0.5) is 0 Å². The summed E-state index contributed by atoms with van der Waals surface area (Å²) < 4.78 is 4.86. The van der Waals surface area contributed by atoms with Crippen LogP contribution < -0.4 is 5.32 Å². The summed E-state index contributed by atoms with van der Waals surface area (Å²) in [5, 5.41) is 6.12. The van der Waals surface area contributed by atoms with Gasteiger partial charge in [-0.3, -0.25) is 9.59 Å². The van der Waals surface area contributed by atoms with Gasteiger partial charge in [0.2, 0.25) is 0 Å². The SMILES string of the molecule is CCOC(=O)CCCNC(=O)c1cc2c(ccc3ccccc32)[nH]1. The van der Waals surface area contributed by atoms with Crippen LogP contribution in [-0.2, 0) is 9.53 Å². The molecule has 0 aliphatic rings. The fraction of sp³-hybridized carbons (Fsp3) is 0.263. The van der Waals surface area contributed by atoms with Crippen molar-refractivity contribution in [3.63, 3.8) is 0 Å². The summed E-state index contributed by atoms with van der Waals surface area (Å²) in [5.41, 5.74) is 1.46. The molecule has 5 heteroatoms. The van der Waals surface area contributed by atoms with E-state index in [9.17, 15) is 9.59 Å². The second-order valence-electron chi connectivity index (χ2n) is 5.60. The van der Waals surface area contributed by atoms with Gasteiger partial charge in [-0.2, -0.15) is 0 Å². The molecule has 0 saturated carbocycles. The van der Waals surface area contributed by atoms with Crippen molar-refractivity contribution < 1.29 is 14.3 Å². The first-order chi connectivity index (χ1) is 11.7. The molecule has 0 radical (unpaired) electrons. The molecular formula is C19H20N2O3. The number of carbonyl (C=O) groups excluding carboxylic acids is 2. The molecule has 0 aliphatic carbocycles. The Kier molecular flexibility index (Phi) is 4.79. The topological polar surface area (TPSA) is 71.2 Å². The van der Waals surface area contributed by atoms with E-state index in [-0.39, 0.29) is 11.9 Å². The Morgan fingerprint density at radius 1 is 1.12 bits per heavy atom. The Hall–Kier alpha value is -2.82. The number of ether oxygens (including phenoxy) is 1. The predicted molar refractivity (Wildman–Crippen MR) is 94.0 cm³/mol. The van der Waals surface area contributed by atoms with E-state index in [1.807, 2.05) is 36.4 Å². The molecule has 0 bridgehead atoms. The van der Waals surface area contributed by atoms with Gasteiger partial charge in [0.15, 0.2) is 0 Å². The molecule has 1 aromatic heterocycles. The number of aromatic amines is 1. The van der Waals surface area contributed by atoms with Crippen molar-refractivity contribution in [3.05, 3.63) is 48.2 Å². The number of rotatable bonds is 6. The Labute approximate surface area is 140 Å². The standard InChI is InChI=1S/C19H20N2O3/c1-2-24-18(22)8-5-11-20-19(23)17-12-15-14-7-4-3-6-13(14)9-10-16(15)21-17/h3-4,6-7,9-10,12,21H,2,5,8,11H2,1H3,(H,20,23). The van der Waals surface area contributed by atoms with Gasteiger partial charge in [-0.15, -0.1) is 0 Å². The van der Waals surface area contributed by atoms with Crippen LogP contribution in [0.1, 0.15) is 30.3 Å². The number of aromatic nitrogens is 1. The Morgan fingerprint density at radius 2 is 1.96 bits per heavy atom. The lowest BCUT2D eigenvalue weighted by Crippen LogP contribution is -2.25. The number of nitrogens with one attached hydrogen (secondary N) is 2. The van der Waals surface area contributed by atoms with Gasteiger partial charge in [-0.05, 0) is 36.2 Å². The minimum atomic E-state index is -0.233. The number of fused-ring (bicyclic) bond motifs is 3. The molecular weight excluding hydrogens is 304 g/mol. The van der Waals surface area contributed by atoms with Gasteiger partial charge in [-0.25, -0.2) is 0 Å². The first-order valence-electron chi connectivity index (χ1n) is 8.13. The lowest BCUT2D eigenvalue weighted by molar-refractivity contribution is -0.143. The second kappa shape index (κ2) is 7.17. The largest absolute Gasteiger partial charge is 0.466 e. The number of carbonyl (C=O) groups is 2. The second-order valence-corrected chi connectivity index (χ2v) is 5.60. The van der Waals surface area contributed by atoms with E-state index in [0.29, 0.717) is 31.7 Å². The molecule has 0 fully saturated rings. The quantitative estimate of drug-likeness (QED) is 0.539. The number of H-pyrrole nitrogens is 1. The maximum Gasteiger partial charge on any atom is 0.305 e. The molecule has 3 aromatic rings. The van der Waals surface area contributed by atoms with E-state index in [1.165, 1.54) is 0 Å². The summed E-state index contributed by atoms with van der Waals surface area (Å²) in [7, 11) is 0. The summed E-state index contributed by atoms with van der Waals surface area (Å²) in [6.07, 6.45) is 0.874. The van der Waals surface area contributed by atoms with Crippen LogP contribution in [0.15, 0.2) is 42.5 Å². The van der Waals surface area contributed by atoms with Crippen LogP contribution >= 0.6 is 0 Å². The van der Waals surface area contributed by atoms with Crippen molar-refractivity contribution in [2.24, 2.45) is 0 Å². The highest BCUT2D eigenvalue weighted by atomic mass is 16.5. The van der Waals surface area contributed by atoms with Gasteiger partial charge >= 0.3 is 5.97 Å². The molecule has 2 aromatic carbocycles. The fourth-order valence-corrected chi connectivity index (χ4v) is 2.77. The van der Waals surface area contributed by atoms with Crippen molar-refractivity contribution in [3.8, 4) is 0 Å². The van der Waals surface area contributed by atoms with E-state index in [2.05, 4.69) is 16.4 Å². The van der Waals surface area contributed by atoms with Crippen LogP contribution in [0.3, 0.4) is 0 Å². The highest BCUT2D eigenvalue weighted by Crippen LogP contribution is 2.25. The zero-order valence-corrected chi connectivity index (χ0v) is 13.6. The first-order valence-corrected chi connectivity index (χ1v) is 8.13. The smallest absolute Gasteiger partial charge is 0.305 e. The van der Waals surface area contributed by atoms with Crippen molar-refractivity contribution in [2.45, 2.75) is 19.8 Å². The van der Waals surface area contributed by atoms with E-state index in [4.69, 9.17) is 4.74 Å². The van der Waals surface area contributed by atoms with Gasteiger partial charge in [-0.1, -0.05) is 30.3 Å². The van der Waals surface area contributed by atoms with E-state index in [1.54, 1.807) is 6.92 Å². The molecule has 0 saturated heterocycles. The van der Waals surface area contributed by atoms with Crippen molar-refractivity contribution in [1.82, 2.24) is 10.3 Å². The lowest BCUT2D eigenvalue weighted by Gasteiger charge is -2.03. The normalized spacial score (nSPS) is 10.9. The molecule has 0 aliphatic heterocycles. The maximum atomic E-state index is 12.3. The lowest BCUT2D eigenvalue weighted by atomic mass is 10.1. The molecule has 24 heavy (non-hydrogen) atoms. The van der Waals surface area contributed by atoms with Crippen molar-refractivity contribution in [2.75, 3.05) is 13.2 Å². The number of amides is 1. The molecule has 0 unspecified atom stereocenters. The van der Waals surface area contributed by atoms with Crippen LogP contribution in [0.5, 0.6) is 0 Å².